The van der Waals surface area contributed by atoms with Crippen molar-refractivity contribution in [3.8, 4) is 11.5 Å². The van der Waals surface area contributed by atoms with Crippen LogP contribution in [0.5, 0.6) is 11.5 Å². The van der Waals surface area contributed by atoms with Gasteiger partial charge < -0.3 is 14.8 Å². The van der Waals surface area contributed by atoms with Crippen molar-refractivity contribution in [1.29, 1.82) is 0 Å². The van der Waals surface area contributed by atoms with Crippen LogP contribution in [0.2, 0.25) is 5.02 Å². The van der Waals surface area contributed by atoms with Crippen molar-refractivity contribution >= 4 is 68.1 Å². The van der Waals surface area contributed by atoms with Gasteiger partial charge in [0.25, 0.3) is 11.1 Å². The fraction of sp³-hybridized carbons (Fsp3) is 0.115. The monoisotopic (exact) mass is 604 g/mol. The number of hydrogen-bond donors (Lipinski definition) is 1. The van der Waals surface area contributed by atoms with E-state index in [9.17, 15) is 18.8 Å². The Bertz CT molecular complexity index is 1400. The van der Waals surface area contributed by atoms with Crippen molar-refractivity contribution in [2.24, 2.45) is 0 Å². The number of methoxy groups -OCH3 is 1. The molecule has 3 aromatic rings. The molecule has 1 aliphatic heterocycles. The van der Waals surface area contributed by atoms with Gasteiger partial charge in [-0.3, -0.25) is 19.3 Å². The molecule has 4 rings (SSSR count). The Balaban J connectivity index is 1.47. The van der Waals surface area contributed by atoms with Gasteiger partial charge in [-0.25, -0.2) is 4.39 Å². The molecule has 0 atom stereocenters. The Hall–Kier alpha value is -3.34. The topological polar surface area (TPSA) is 84.9 Å². The number of rotatable bonds is 8. The predicted octanol–water partition coefficient (Wildman–Crippen LogP) is 6.50. The minimum atomic E-state index is -0.599. The first-order valence-corrected chi connectivity index (χ1v) is 12.8. The zero-order valence-corrected chi connectivity index (χ0v) is 22.5. The maximum Gasteiger partial charge on any atom is 0.294 e. The highest BCUT2D eigenvalue weighted by atomic mass is 79.9. The van der Waals surface area contributed by atoms with Crippen LogP contribution < -0.4 is 14.8 Å². The van der Waals surface area contributed by atoms with E-state index in [1.807, 2.05) is 18.2 Å². The number of ether oxygens (including phenoxy) is 2. The number of carbonyl (C=O) groups excluding carboxylic acids is 3. The quantitative estimate of drug-likeness (QED) is 0.295. The molecule has 0 aliphatic carbocycles. The molecule has 1 aliphatic rings. The first-order valence-electron chi connectivity index (χ1n) is 10.8. The van der Waals surface area contributed by atoms with Crippen LogP contribution >= 0.6 is 39.3 Å². The van der Waals surface area contributed by atoms with E-state index in [1.165, 1.54) is 37.5 Å². The second-order valence-electron chi connectivity index (χ2n) is 7.74. The lowest BCUT2D eigenvalue weighted by atomic mass is 10.1. The van der Waals surface area contributed by atoms with Gasteiger partial charge in [0, 0.05) is 16.3 Å². The highest BCUT2D eigenvalue weighted by Crippen LogP contribution is 2.39. The van der Waals surface area contributed by atoms with Crippen molar-refractivity contribution in [3.63, 3.8) is 0 Å². The van der Waals surface area contributed by atoms with Gasteiger partial charge in [0.15, 0.2) is 11.5 Å². The molecule has 3 amide bonds. The predicted molar refractivity (Wildman–Crippen MR) is 144 cm³/mol. The number of anilines is 1. The molecule has 7 nitrogen and oxygen atoms in total. The third-order valence-electron chi connectivity index (χ3n) is 5.18. The number of benzene rings is 3. The lowest BCUT2D eigenvalue weighted by molar-refractivity contribution is -0.127. The number of hydrogen-bond acceptors (Lipinski definition) is 6. The summed E-state index contributed by atoms with van der Waals surface area (Å²) in [5.41, 5.74) is 1.73. The van der Waals surface area contributed by atoms with Gasteiger partial charge in [0.1, 0.15) is 19.0 Å². The van der Waals surface area contributed by atoms with Gasteiger partial charge in [0.05, 0.1) is 16.5 Å². The molecule has 0 spiro atoms. The number of nitrogens with zero attached hydrogens (tertiary/aromatic N) is 1. The molecule has 1 saturated heterocycles. The summed E-state index contributed by atoms with van der Waals surface area (Å²) in [6.45, 7) is -0.256. The van der Waals surface area contributed by atoms with Gasteiger partial charge in [-0.1, -0.05) is 29.8 Å². The molecule has 3 aromatic carbocycles. The van der Waals surface area contributed by atoms with Crippen LogP contribution in [-0.2, 0) is 16.2 Å². The lowest BCUT2D eigenvalue weighted by Crippen LogP contribution is -2.36. The van der Waals surface area contributed by atoms with Crippen molar-refractivity contribution in [2.75, 3.05) is 19.0 Å². The summed E-state index contributed by atoms with van der Waals surface area (Å²) in [4.78, 5) is 38.6. The van der Waals surface area contributed by atoms with E-state index in [0.29, 0.717) is 32.2 Å². The second kappa shape index (κ2) is 11.8. The van der Waals surface area contributed by atoms with Crippen LogP contribution in [0.25, 0.3) is 6.08 Å². The summed E-state index contributed by atoms with van der Waals surface area (Å²) in [7, 11) is 1.49. The zero-order chi connectivity index (χ0) is 26.5. The number of thioether (sulfide) groups is 1. The number of carbonyl (C=O) groups is 3. The molecule has 190 valence electrons. The van der Waals surface area contributed by atoms with Crippen LogP contribution in [0, 0.1) is 5.82 Å². The number of amides is 3. The summed E-state index contributed by atoms with van der Waals surface area (Å²) in [5.74, 6) is -0.772. The molecule has 0 unspecified atom stereocenters. The van der Waals surface area contributed by atoms with Crippen molar-refractivity contribution in [1.82, 2.24) is 4.90 Å². The molecular formula is C26H19BrClFN2O5S. The molecule has 11 heteroatoms. The fourth-order valence-electron chi connectivity index (χ4n) is 3.39. The standard InChI is InChI=1S/C26H19BrClFN2O5S/c1-35-21-11-15(10-19(27)24(21)36-14-16-4-2-3-5-20(16)28)12-22-25(33)31(26(34)37-22)13-23(32)30-18-8-6-17(29)7-9-18/h2-12H,13-14H2,1H3,(H,30,32)/b22-12-. The van der Waals surface area contributed by atoms with Crippen LogP contribution in [0.3, 0.4) is 0 Å². The van der Waals surface area contributed by atoms with Gasteiger partial charge in [0.2, 0.25) is 5.91 Å². The van der Waals surface area contributed by atoms with Gasteiger partial charge in [-0.2, -0.15) is 0 Å². The molecule has 37 heavy (non-hydrogen) atoms. The molecule has 1 heterocycles. The average molecular weight is 606 g/mol. The summed E-state index contributed by atoms with van der Waals surface area (Å²) in [5, 5.41) is 2.54. The minimum absolute atomic E-state index is 0.151. The maximum absolute atomic E-state index is 13.1. The summed E-state index contributed by atoms with van der Waals surface area (Å²) < 4.78 is 25.0. The fourth-order valence-corrected chi connectivity index (χ4v) is 5.00. The van der Waals surface area contributed by atoms with E-state index in [1.54, 1.807) is 18.2 Å². The van der Waals surface area contributed by atoms with Gasteiger partial charge >= 0.3 is 0 Å². The molecular weight excluding hydrogens is 587 g/mol. The highest BCUT2D eigenvalue weighted by molar-refractivity contribution is 9.10. The normalized spacial score (nSPS) is 14.3. The smallest absolute Gasteiger partial charge is 0.294 e. The molecule has 0 bridgehead atoms. The average Bonchev–Trinajstić information content (AvgIpc) is 3.12. The summed E-state index contributed by atoms with van der Waals surface area (Å²) >= 11 is 10.4. The number of imide groups is 1. The van der Waals surface area contributed by atoms with Crippen molar-refractivity contribution in [2.45, 2.75) is 6.61 Å². The molecule has 1 fully saturated rings. The van der Waals surface area contributed by atoms with Crippen molar-refractivity contribution in [3.05, 3.63) is 92.0 Å². The largest absolute Gasteiger partial charge is 0.493 e. The third kappa shape index (κ3) is 6.51. The van der Waals surface area contributed by atoms with E-state index in [4.69, 9.17) is 21.1 Å². The van der Waals surface area contributed by atoms with Crippen LogP contribution in [0.1, 0.15) is 11.1 Å². The second-order valence-corrected chi connectivity index (χ2v) is 9.99. The third-order valence-corrected chi connectivity index (χ3v) is 7.05. The molecule has 1 N–H and O–H groups in total. The number of halogens is 3. The zero-order valence-electron chi connectivity index (χ0n) is 19.3. The van der Waals surface area contributed by atoms with E-state index < -0.39 is 29.4 Å². The first kappa shape index (κ1) is 26.7. The molecule has 0 radical (unpaired) electrons. The van der Waals surface area contributed by atoms with Gasteiger partial charge in [-0.05, 0) is 81.8 Å². The van der Waals surface area contributed by atoms with E-state index in [0.717, 1.165) is 22.2 Å². The maximum atomic E-state index is 13.1. The lowest BCUT2D eigenvalue weighted by Gasteiger charge is -2.14. The Morgan fingerprint density at radius 3 is 2.59 bits per heavy atom. The first-order chi connectivity index (χ1) is 17.7. The summed E-state index contributed by atoms with van der Waals surface area (Å²) in [6.07, 6.45) is 1.54. The summed E-state index contributed by atoms with van der Waals surface area (Å²) in [6, 6.07) is 15.9. The van der Waals surface area contributed by atoms with E-state index >= 15 is 0 Å². The van der Waals surface area contributed by atoms with Crippen LogP contribution in [-0.4, -0.2) is 35.6 Å². The Morgan fingerprint density at radius 2 is 1.89 bits per heavy atom. The molecule has 0 aromatic heterocycles. The Kier molecular flexibility index (Phi) is 8.52. The van der Waals surface area contributed by atoms with E-state index in [-0.39, 0.29) is 11.5 Å². The number of nitrogens with one attached hydrogen (secondary N) is 1. The van der Waals surface area contributed by atoms with Crippen LogP contribution in [0.4, 0.5) is 14.9 Å². The highest BCUT2D eigenvalue weighted by Gasteiger charge is 2.36. The Labute approximate surface area is 229 Å². The van der Waals surface area contributed by atoms with Crippen molar-refractivity contribution < 1.29 is 28.2 Å². The Morgan fingerprint density at radius 1 is 1.16 bits per heavy atom. The molecule has 0 saturated carbocycles. The minimum Gasteiger partial charge on any atom is -0.493 e. The van der Waals surface area contributed by atoms with E-state index in [2.05, 4.69) is 21.2 Å². The van der Waals surface area contributed by atoms with Crippen LogP contribution in [0.15, 0.2) is 70.0 Å². The van der Waals surface area contributed by atoms with Gasteiger partial charge in [-0.15, -0.1) is 0 Å². The SMILES string of the molecule is COc1cc(/C=C2\SC(=O)N(CC(=O)Nc3ccc(F)cc3)C2=O)cc(Br)c1OCc1ccccc1Cl.